The highest BCUT2D eigenvalue weighted by molar-refractivity contribution is 6.25. The number of nitrogens with zero attached hydrogens (tertiary/aromatic N) is 2. The first-order valence-electron chi connectivity index (χ1n) is 8.34. The van der Waals surface area contributed by atoms with Crippen LogP contribution in [0.4, 0.5) is 0 Å². The van der Waals surface area contributed by atoms with Crippen molar-refractivity contribution in [3.8, 4) is 0 Å². The van der Waals surface area contributed by atoms with Gasteiger partial charge in [0.05, 0.1) is 0 Å². The molecular weight excluding hydrogens is 314 g/mol. The summed E-state index contributed by atoms with van der Waals surface area (Å²) >= 11 is 0. The lowest BCUT2D eigenvalue weighted by Gasteiger charge is -2.30. The molecule has 0 aliphatic heterocycles. The van der Waals surface area contributed by atoms with Crippen molar-refractivity contribution < 1.29 is 29.0 Å². The predicted molar refractivity (Wildman–Crippen MR) is 85.5 cm³/mol. The molecule has 0 unspecified atom stereocenters. The van der Waals surface area contributed by atoms with Crippen molar-refractivity contribution in [1.29, 1.82) is 0 Å². The van der Waals surface area contributed by atoms with E-state index in [9.17, 15) is 19.5 Å². The van der Waals surface area contributed by atoms with Gasteiger partial charge in [0.2, 0.25) is 11.7 Å². The molecule has 0 aromatic carbocycles. The fourth-order valence-electron chi connectivity index (χ4n) is 2.97. The molecule has 1 saturated carbocycles. The maximum Gasteiger partial charge on any atom is 0.326 e. The molecule has 24 heavy (non-hydrogen) atoms. The van der Waals surface area contributed by atoms with E-state index in [1.807, 2.05) is 0 Å². The second-order valence-corrected chi connectivity index (χ2v) is 5.92. The van der Waals surface area contributed by atoms with Gasteiger partial charge in [-0.1, -0.05) is 19.3 Å². The van der Waals surface area contributed by atoms with Gasteiger partial charge in [0.25, 0.3) is 0 Å². The van der Waals surface area contributed by atoms with E-state index in [1.165, 1.54) is 0 Å². The van der Waals surface area contributed by atoms with E-state index in [4.69, 9.17) is 10.3 Å². The molecule has 1 aliphatic carbocycles. The summed E-state index contributed by atoms with van der Waals surface area (Å²) in [4.78, 5) is 37.7. The number of hydrogen-bond acceptors (Lipinski definition) is 4. The van der Waals surface area contributed by atoms with E-state index in [0.29, 0.717) is 12.8 Å². The number of carboxylic acid groups (broad SMARTS) is 1. The Balaban J connectivity index is 2.67. The minimum absolute atomic E-state index is 0.0740. The Bertz CT molecular complexity index is 496. The lowest BCUT2D eigenvalue weighted by molar-refractivity contribution is -0.146. The van der Waals surface area contributed by atoms with Crippen LogP contribution in [-0.2, 0) is 19.1 Å². The van der Waals surface area contributed by atoms with Crippen molar-refractivity contribution in [3.63, 3.8) is 0 Å². The van der Waals surface area contributed by atoms with Crippen LogP contribution in [0.3, 0.4) is 0 Å². The van der Waals surface area contributed by atoms with Crippen LogP contribution in [0.15, 0.2) is 0 Å². The molecule has 8 nitrogen and oxygen atoms in total. The Morgan fingerprint density at radius 3 is 2.54 bits per heavy atom. The number of hydrogen-bond donors (Lipinski definition) is 2. The lowest BCUT2D eigenvalue weighted by atomic mass is 9.84. The highest BCUT2D eigenvalue weighted by Gasteiger charge is 2.32. The molecule has 2 N–H and O–H groups in total. The molecule has 0 aromatic heterocycles. The first-order valence-corrected chi connectivity index (χ1v) is 8.34. The van der Waals surface area contributed by atoms with Crippen LogP contribution in [0.1, 0.15) is 51.9 Å². The first-order chi connectivity index (χ1) is 11.5. The fourth-order valence-corrected chi connectivity index (χ4v) is 2.97. The maximum absolute atomic E-state index is 12.5. The maximum atomic E-state index is 12.5. The lowest BCUT2D eigenvalue weighted by Crippen LogP contribution is -2.49. The fraction of sp³-hybridized carbons (Fsp3) is 0.750. The molecule has 0 aromatic rings. The molecule has 1 rings (SSSR count). The van der Waals surface area contributed by atoms with Crippen molar-refractivity contribution in [2.75, 3.05) is 6.61 Å². The summed E-state index contributed by atoms with van der Waals surface area (Å²) in [6.45, 7) is 2.17. The Morgan fingerprint density at radius 2 is 2.00 bits per heavy atom. The molecule has 0 heterocycles. The number of carbonyl (C=O) groups excluding carboxylic acids is 2. The van der Waals surface area contributed by atoms with E-state index in [-0.39, 0.29) is 18.8 Å². The molecule has 8 heteroatoms. The number of ether oxygens (including phenoxy) is 1. The monoisotopic (exact) mass is 339 g/mol. The van der Waals surface area contributed by atoms with E-state index in [1.54, 1.807) is 6.92 Å². The van der Waals surface area contributed by atoms with Crippen LogP contribution < -0.4 is 5.32 Å². The van der Waals surface area contributed by atoms with E-state index in [2.05, 4.69) is 10.1 Å². The van der Waals surface area contributed by atoms with E-state index < -0.39 is 29.8 Å². The summed E-state index contributed by atoms with van der Waals surface area (Å²) < 4.78 is 5.56. The van der Waals surface area contributed by atoms with E-state index in [0.717, 1.165) is 32.1 Å². The zero-order chi connectivity index (χ0) is 17.9. The van der Waals surface area contributed by atoms with Gasteiger partial charge in [0.15, 0.2) is 0 Å². The second-order valence-electron chi connectivity index (χ2n) is 5.92. The van der Waals surface area contributed by atoms with Crippen molar-refractivity contribution in [1.82, 2.24) is 5.32 Å². The summed E-state index contributed by atoms with van der Waals surface area (Å²) in [7, 11) is 0. The summed E-state index contributed by atoms with van der Waals surface area (Å²) in [6, 6.07) is -1.18. The summed E-state index contributed by atoms with van der Waals surface area (Å²) in [5, 5.41) is 11.7. The zero-order valence-electron chi connectivity index (χ0n) is 13.9. The largest absolute Gasteiger partial charge is 0.480 e. The van der Waals surface area contributed by atoms with Gasteiger partial charge in [-0.05, 0) is 32.1 Å². The molecule has 0 radical (unpaired) electrons. The topological polar surface area (TPSA) is 129 Å². The number of ketones is 1. The van der Waals surface area contributed by atoms with Gasteiger partial charge < -0.3 is 20.7 Å². The Kier molecular flexibility index (Phi) is 8.89. The van der Waals surface area contributed by atoms with Crippen LogP contribution in [0.25, 0.3) is 5.53 Å². The van der Waals surface area contributed by atoms with Crippen molar-refractivity contribution in [2.24, 2.45) is 5.92 Å². The van der Waals surface area contributed by atoms with Gasteiger partial charge >= 0.3 is 12.2 Å². The number of nitrogens with one attached hydrogen (secondary N) is 1. The Hall–Kier alpha value is -2.05. The second kappa shape index (κ2) is 10.7. The third-order valence-corrected chi connectivity index (χ3v) is 4.18. The first kappa shape index (κ1) is 20.0. The van der Waals surface area contributed by atoms with Crippen LogP contribution >= 0.6 is 0 Å². The summed E-state index contributed by atoms with van der Waals surface area (Å²) in [5.74, 6) is -2.07. The molecule has 134 valence electrons. The van der Waals surface area contributed by atoms with E-state index >= 15 is 0 Å². The molecule has 0 bridgehead atoms. The summed E-state index contributed by atoms with van der Waals surface area (Å²) in [5.41, 5.74) is 8.28. The number of aliphatic carboxylic acids is 1. The van der Waals surface area contributed by atoms with Crippen LogP contribution in [0.5, 0.6) is 0 Å². The SMILES string of the molecule is CCO[C@H](C(=O)N[C@@H](CCC(=O)C=[N+]=[N-])C(=O)O)C1CCCCC1. The standard InChI is InChI=1S/C16H25N3O5/c1-2-24-14(11-6-4-3-5-7-11)15(21)19-13(16(22)23)9-8-12(20)10-18-17/h10-11,13-14H,2-9H2,1H3,(H,19,21)(H,22,23)/t13-,14-/m0/s1. The van der Waals surface area contributed by atoms with Gasteiger partial charge in [-0.25, -0.2) is 4.79 Å². The molecule has 0 spiro atoms. The van der Waals surface area contributed by atoms with Crippen molar-refractivity contribution in [2.45, 2.75) is 64.0 Å². The quantitative estimate of drug-likeness (QED) is 0.351. The third kappa shape index (κ3) is 6.60. The average molecular weight is 339 g/mol. The van der Waals surface area contributed by atoms with Crippen molar-refractivity contribution >= 4 is 23.9 Å². The molecule has 1 fully saturated rings. The number of carboxylic acids is 1. The number of Topliss-reactive ketones (excluding diaryl/α,β-unsaturated/α-hetero) is 1. The average Bonchev–Trinajstić information content (AvgIpc) is 2.57. The third-order valence-electron chi connectivity index (χ3n) is 4.18. The van der Waals surface area contributed by atoms with Gasteiger partial charge in [-0.3, -0.25) is 9.59 Å². The molecule has 1 aliphatic rings. The molecular formula is C16H25N3O5. The normalized spacial score (nSPS) is 17.4. The smallest absolute Gasteiger partial charge is 0.326 e. The van der Waals surface area contributed by atoms with Crippen molar-refractivity contribution in [3.05, 3.63) is 5.53 Å². The van der Waals surface area contributed by atoms with Gasteiger partial charge in [-0.15, -0.1) is 0 Å². The van der Waals surface area contributed by atoms with Crippen LogP contribution in [0, 0.1) is 5.92 Å². The van der Waals surface area contributed by atoms with Gasteiger partial charge in [-0.2, -0.15) is 4.79 Å². The minimum Gasteiger partial charge on any atom is -0.480 e. The zero-order valence-corrected chi connectivity index (χ0v) is 13.9. The highest BCUT2D eigenvalue weighted by Crippen LogP contribution is 2.28. The molecule has 1 amide bonds. The van der Waals surface area contributed by atoms with Gasteiger partial charge in [0, 0.05) is 13.0 Å². The Morgan fingerprint density at radius 1 is 1.33 bits per heavy atom. The molecule has 0 saturated heterocycles. The Labute approximate surface area is 141 Å². The number of amides is 1. The van der Waals surface area contributed by atoms with Crippen LogP contribution in [-0.4, -0.2) is 52.5 Å². The highest BCUT2D eigenvalue weighted by atomic mass is 16.5. The number of rotatable bonds is 10. The minimum atomic E-state index is -1.21. The van der Waals surface area contributed by atoms with Gasteiger partial charge in [0.1, 0.15) is 12.1 Å². The predicted octanol–water partition coefficient (Wildman–Crippen LogP) is 1.19. The summed E-state index contributed by atoms with van der Waals surface area (Å²) in [6.07, 6.45) is 4.85. The molecule has 2 atom stereocenters. The number of carbonyl (C=O) groups is 3. The van der Waals surface area contributed by atoms with Crippen LogP contribution in [0.2, 0.25) is 0 Å².